The molecular weight excluding hydrogens is 174 g/mol. The van der Waals surface area contributed by atoms with Gasteiger partial charge in [0, 0.05) is 12.5 Å². The third-order valence-corrected chi connectivity index (χ3v) is 2.65. The molecule has 0 saturated carbocycles. The highest BCUT2D eigenvalue weighted by Gasteiger charge is 2.13. The van der Waals surface area contributed by atoms with E-state index in [9.17, 15) is 5.11 Å². The Balaban J connectivity index is 3.19. The molecule has 0 radical (unpaired) electrons. The van der Waals surface area contributed by atoms with Gasteiger partial charge in [-0.25, -0.2) is 0 Å². The molecule has 3 N–H and O–H groups in total. The zero-order chi connectivity index (χ0) is 10.7. The van der Waals surface area contributed by atoms with Gasteiger partial charge < -0.3 is 10.8 Å². The van der Waals surface area contributed by atoms with Crippen LogP contribution in [0, 0.1) is 20.8 Å². The lowest BCUT2D eigenvalue weighted by Crippen LogP contribution is -2.18. The molecule has 0 heterocycles. The van der Waals surface area contributed by atoms with E-state index in [0.717, 1.165) is 0 Å². The molecular formula is C12H19NO. The van der Waals surface area contributed by atoms with E-state index in [2.05, 4.69) is 32.9 Å². The second-order valence-electron chi connectivity index (χ2n) is 3.93. The van der Waals surface area contributed by atoms with E-state index in [1.165, 1.54) is 22.3 Å². The number of aliphatic hydroxyl groups is 1. The van der Waals surface area contributed by atoms with Crippen LogP contribution in [0.3, 0.4) is 0 Å². The van der Waals surface area contributed by atoms with Crippen LogP contribution in [-0.4, -0.2) is 18.3 Å². The van der Waals surface area contributed by atoms with Crippen molar-refractivity contribution in [2.45, 2.75) is 26.7 Å². The smallest absolute Gasteiger partial charge is 0.0512 e. The minimum absolute atomic E-state index is 0.0793. The standard InChI is InChI=1S/C12H19NO/c1-8-4-9(2)12(10(3)5-8)11(6-13)7-14/h4-5,11,14H,6-7,13H2,1-3H3. The first-order valence-electron chi connectivity index (χ1n) is 4.98. The van der Waals surface area contributed by atoms with Gasteiger partial charge in [0.2, 0.25) is 0 Å². The van der Waals surface area contributed by atoms with Gasteiger partial charge in [-0.1, -0.05) is 17.7 Å². The molecule has 0 spiro atoms. The molecule has 1 aromatic carbocycles. The van der Waals surface area contributed by atoms with Crippen LogP contribution in [-0.2, 0) is 0 Å². The van der Waals surface area contributed by atoms with Crippen LogP contribution in [0.5, 0.6) is 0 Å². The van der Waals surface area contributed by atoms with Crippen LogP contribution in [0.2, 0.25) is 0 Å². The van der Waals surface area contributed by atoms with Crippen LogP contribution in [0.25, 0.3) is 0 Å². The van der Waals surface area contributed by atoms with Crippen molar-refractivity contribution in [3.63, 3.8) is 0 Å². The van der Waals surface area contributed by atoms with Gasteiger partial charge in [0.05, 0.1) is 6.61 Å². The molecule has 1 atom stereocenters. The molecule has 1 unspecified atom stereocenters. The van der Waals surface area contributed by atoms with Crippen molar-refractivity contribution in [3.05, 3.63) is 34.4 Å². The molecule has 0 saturated heterocycles. The number of benzene rings is 1. The van der Waals surface area contributed by atoms with E-state index in [4.69, 9.17) is 5.73 Å². The van der Waals surface area contributed by atoms with Crippen molar-refractivity contribution < 1.29 is 5.11 Å². The van der Waals surface area contributed by atoms with Gasteiger partial charge in [-0.05, 0) is 37.5 Å². The Morgan fingerprint density at radius 2 is 1.71 bits per heavy atom. The molecule has 1 aromatic rings. The first-order valence-corrected chi connectivity index (χ1v) is 4.98. The van der Waals surface area contributed by atoms with Gasteiger partial charge in [-0.15, -0.1) is 0 Å². The molecule has 78 valence electrons. The summed E-state index contributed by atoms with van der Waals surface area (Å²) in [5.41, 5.74) is 10.6. The summed E-state index contributed by atoms with van der Waals surface area (Å²) in [4.78, 5) is 0. The van der Waals surface area contributed by atoms with E-state index in [1.807, 2.05) is 0 Å². The van der Waals surface area contributed by atoms with E-state index in [-0.39, 0.29) is 12.5 Å². The maximum absolute atomic E-state index is 9.22. The molecule has 1 rings (SSSR count). The summed E-state index contributed by atoms with van der Waals surface area (Å²) < 4.78 is 0. The number of hydrogen-bond donors (Lipinski definition) is 2. The Labute approximate surface area is 85.8 Å². The fourth-order valence-corrected chi connectivity index (χ4v) is 2.12. The summed E-state index contributed by atoms with van der Waals surface area (Å²) in [6.07, 6.45) is 0. The fraction of sp³-hybridized carbons (Fsp3) is 0.500. The average molecular weight is 193 g/mol. The highest BCUT2D eigenvalue weighted by atomic mass is 16.3. The molecule has 2 nitrogen and oxygen atoms in total. The van der Waals surface area contributed by atoms with Crippen LogP contribution in [0.15, 0.2) is 12.1 Å². The van der Waals surface area contributed by atoms with E-state index < -0.39 is 0 Å². The van der Waals surface area contributed by atoms with Crippen molar-refractivity contribution in [2.75, 3.05) is 13.2 Å². The molecule has 2 heteroatoms. The van der Waals surface area contributed by atoms with Gasteiger partial charge in [0.15, 0.2) is 0 Å². The second kappa shape index (κ2) is 4.58. The fourth-order valence-electron chi connectivity index (χ4n) is 2.12. The number of aryl methyl sites for hydroxylation is 3. The normalized spacial score (nSPS) is 12.9. The quantitative estimate of drug-likeness (QED) is 0.766. The summed E-state index contributed by atoms with van der Waals surface area (Å²) in [5.74, 6) is 0.0793. The molecule has 0 aliphatic rings. The van der Waals surface area contributed by atoms with Crippen LogP contribution in [0.1, 0.15) is 28.2 Å². The van der Waals surface area contributed by atoms with E-state index in [1.54, 1.807) is 0 Å². The molecule has 14 heavy (non-hydrogen) atoms. The molecule has 0 aliphatic heterocycles. The van der Waals surface area contributed by atoms with Gasteiger partial charge >= 0.3 is 0 Å². The maximum Gasteiger partial charge on any atom is 0.0512 e. The molecule has 0 amide bonds. The summed E-state index contributed by atoms with van der Waals surface area (Å²) in [6.45, 7) is 6.87. The Morgan fingerprint density at radius 3 is 2.07 bits per heavy atom. The van der Waals surface area contributed by atoms with Crippen LogP contribution in [0.4, 0.5) is 0 Å². The Morgan fingerprint density at radius 1 is 1.21 bits per heavy atom. The lowest BCUT2D eigenvalue weighted by Gasteiger charge is -2.18. The van der Waals surface area contributed by atoms with Crippen molar-refractivity contribution in [3.8, 4) is 0 Å². The number of rotatable bonds is 3. The maximum atomic E-state index is 9.22. The third kappa shape index (κ3) is 2.14. The Hall–Kier alpha value is -0.860. The minimum atomic E-state index is 0.0793. The zero-order valence-corrected chi connectivity index (χ0v) is 9.17. The first-order chi connectivity index (χ1) is 6.60. The molecule has 0 bridgehead atoms. The average Bonchev–Trinajstić information content (AvgIpc) is 2.10. The molecule has 0 aromatic heterocycles. The largest absolute Gasteiger partial charge is 0.396 e. The topological polar surface area (TPSA) is 46.2 Å². The van der Waals surface area contributed by atoms with Gasteiger partial charge in [-0.2, -0.15) is 0 Å². The predicted octanol–water partition coefficient (Wildman–Crippen LogP) is 1.65. The van der Waals surface area contributed by atoms with Crippen molar-refractivity contribution in [2.24, 2.45) is 5.73 Å². The summed E-state index contributed by atoms with van der Waals surface area (Å²) in [6, 6.07) is 4.28. The Kier molecular flexibility index (Phi) is 3.67. The summed E-state index contributed by atoms with van der Waals surface area (Å²) >= 11 is 0. The molecule has 0 aliphatic carbocycles. The minimum Gasteiger partial charge on any atom is -0.396 e. The number of nitrogens with two attached hydrogens (primary N) is 1. The van der Waals surface area contributed by atoms with E-state index >= 15 is 0 Å². The Bertz CT molecular complexity index is 293. The number of aliphatic hydroxyl groups excluding tert-OH is 1. The summed E-state index contributed by atoms with van der Waals surface area (Å²) in [7, 11) is 0. The highest BCUT2D eigenvalue weighted by Crippen LogP contribution is 2.24. The lowest BCUT2D eigenvalue weighted by atomic mass is 9.90. The highest BCUT2D eigenvalue weighted by molar-refractivity contribution is 5.40. The second-order valence-corrected chi connectivity index (χ2v) is 3.93. The molecule has 0 fully saturated rings. The first kappa shape index (κ1) is 11.2. The SMILES string of the molecule is Cc1cc(C)c(C(CN)CO)c(C)c1. The van der Waals surface area contributed by atoms with Crippen molar-refractivity contribution >= 4 is 0 Å². The monoisotopic (exact) mass is 193 g/mol. The van der Waals surface area contributed by atoms with Gasteiger partial charge in [0.1, 0.15) is 0 Å². The van der Waals surface area contributed by atoms with E-state index in [0.29, 0.717) is 6.54 Å². The summed E-state index contributed by atoms with van der Waals surface area (Å²) in [5, 5.41) is 9.22. The van der Waals surface area contributed by atoms with Crippen LogP contribution < -0.4 is 5.73 Å². The van der Waals surface area contributed by atoms with Gasteiger partial charge in [-0.3, -0.25) is 0 Å². The lowest BCUT2D eigenvalue weighted by molar-refractivity contribution is 0.267. The number of hydrogen-bond acceptors (Lipinski definition) is 2. The van der Waals surface area contributed by atoms with Crippen LogP contribution >= 0.6 is 0 Å². The van der Waals surface area contributed by atoms with Crippen molar-refractivity contribution in [1.29, 1.82) is 0 Å². The van der Waals surface area contributed by atoms with Crippen molar-refractivity contribution in [1.82, 2.24) is 0 Å². The third-order valence-electron chi connectivity index (χ3n) is 2.65. The predicted molar refractivity (Wildman–Crippen MR) is 59.5 cm³/mol. The van der Waals surface area contributed by atoms with Gasteiger partial charge in [0.25, 0.3) is 0 Å². The zero-order valence-electron chi connectivity index (χ0n) is 9.17.